The summed E-state index contributed by atoms with van der Waals surface area (Å²) in [7, 11) is 0. The van der Waals surface area contributed by atoms with Crippen molar-refractivity contribution in [2.45, 2.75) is 31.2 Å². The molecule has 1 amide bonds. The van der Waals surface area contributed by atoms with Crippen LogP contribution in [0.5, 0.6) is 0 Å². The summed E-state index contributed by atoms with van der Waals surface area (Å²) >= 11 is 1.15. The number of rotatable bonds is 4. The van der Waals surface area contributed by atoms with Crippen LogP contribution in [0, 0.1) is 0 Å². The zero-order valence-electron chi connectivity index (χ0n) is 13.0. The fraction of sp³-hybridized carbons (Fsp3) is 0.375. The van der Waals surface area contributed by atoms with Gasteiger partial charge in [0.25, 0.3) is 5.91 Å². The fourth-order valence-electron chi connectivity index (χ4n) is 2.58. The SMILES string of the molecule is NC[C@H]1CC[C@@H](C(=O)Nc2nc(-c3cccc(C(F)(F)F)c3)cs2)O1. The number of ether oxygens (including phenoxy) is 1. The highest BCUT2D eigenvalue weighted by Crippen LogP contribution is 2.33. The largest absolute Gasteiger partial charge is 0.416 e. The molecule has 25 heavy (non-hydrogen) atoms. The van der Waals surface area contributed by atoms with Gasteiger partial charge in [-0.05, 0) is 25.0 Å². The van der Waals surface area contributed by atoms with E-state index in [-0.39, 0.29) is 12.0 Å². The van der Waals surface area contributed by atoms with Gasteiger partial charge in [0, 0.05) is 17.5 Å². The van der Waals surface area contributed by atoms with E-state index in [9.17, 15) is 18.0 Å². The van der Waals surface area contributed by atoms with Crippen molar-refractivity contribution >= 4 is 22.4 Å². The zero-order chi connectivity index (χ0) is 18.0. The average molecular weight is 371 g/mol. The van der Waals surface area contributed by atoms with Crippen molar-refractivity contribution in [1.29, 1.82) is 0 Å². The molecule has 1 aromatic heterocycles. The number of halogens is 3. The van der Waals surface area contributed by atoms with E-state index in [1.165, 1.54) is 6.07 Å². The van der Waals surface area contributed by atoms with Crippen LogP contribution in [-0.2, 0) is 15.7 Å². The first-order valence-corrected chi connectivity index (χ1v) is 8.54. The first-order chi connectivity index (χ1) is 11.9. The molecule has 5 nitrogen and oxygen atoms in total. The van der Waals surface area contributed by atoms with Crippen molar-refractivity contribution in [3.05, 3.63) is 35.2 Å². The van der Waals surface area contributed by atoms with E-state index in [1.54, 1.807) is 11.4 Å². The summed E-state index contributed by atoms with van der Waals surface area (Å²) in [6.45, 7) is 0.362. The van der Waals surface area contributed by atoms with Gasteiger partial charge in [0.05, 0.1) is 17.4 Å². The van der Waals surface area contributed by atoms with Crippen LogP contribution in [0.4, 0.5) is 18.3 Å². The quantitative estimate of drug-likeness (QED) is 0.865. The maximum atomic E-state index is 12.8. The summed E-state index contributed by atoms with van der Waals surface area (Å²) in [6, 6.07) is 4.91. The van der Waals surface area contributed by atoms with Crippen LogP contribution in [0.25, 0.3) is 11.3 Å². The molecule has 2 atom stereocenters. The number of aromatic nitrogens is 1. The van der Waals surface area contributed by atoms with Gasteiger partial charge in [-0.25, -0.2) is 4.98 Å². The Balaban J connectivity index is 1.70. The molecular weight excluding hydrogens is 355 g/mol. The van der Waals surface area contributed by atoms with Crippen molar-refractivity contribution in [2.24, 2.45) is 5.73 Å². The molecule has 1 aliphatic rings. The van der Waals surface area contributed by atoms with Crippen LogP contribution >= 0.6 is 11.3 Å². The second-order valence-electron chi connectivity index (χ2n) is 5.67. The molecule has 134 valence electrons. The number of anilines is 1. The van der Waals surface area contributed by atoms with E-state index in [1.807, 2.05) is 0 Å². The maximum absolute atomic E-state index is 12.8. The zero-order valence-corrected chi connectivity index (χ0v) is 13.9. The maximum Gasteiger partial charge on any atom is 0.416 e. The second-order valence-corrected chi connectivity index (χ2v) is 6.52. The van der Waals surface area contributed by atoms with Crippen molar-refractivity contribution < 1.29 is 22.7 Å². The van der Waals surface area contributed by atoms with Crippen molar-refractivity contribution in [2.75, 3.05) is 11.9 Å². The lowest BCUT2D eigenvalue weighted by Crippen LogP contribution is -2.29. The molecule has 0 saturated carbocycles. The van der Waals surface area contributed by atoms with Crippen molar-refractivity contribution in [1.82, 2.24) is 4.98 Å². The number of carbonyl (C=O) groups is 1. The van der Waals surface area contributed by atoms with Crippen LogP contribution in [0.15, 0.2) is 29.6 Å². The number of benzene rings is 1. The Bertz CT molecular complexity index is 763. The molecule has 2 heterocycles. The number of amides is 1. The average Bonchev–Trinajstić information content (AvgIpc) is 3.23. The van der Waals surface area contributed by atoms with E-state index < -0.39 is 17.8 Å². The van der Waals surface area contributed by atoms with Gasteiger partial charge in [-0.2, -0.15) is 13.2 Å². The molecule has 2 aromatic rings. The Morgan fingerprint density at radius 1 is 1.40 bits per heavy atom. The smallest absolute Gasteiger partial charge is 0.364 e. The third-order valence-electron chi connectivity index (χ3n) is 3.88. The van der Waals surface area contributed by atoms with Crippen molar-refractivity contribution in [3.63, 3.8) is 0 Å². The van der Waals surface area contributed by atoms with Crippen LogP contribution in [-0.4, -0.2) is 29.6 Å². The standard InChI is InChI=1S/C16H16F3N3O2S/c17-16(18,19)10-3-1-2-9(6-10)12-8-25-15(21-12)22-14(23)13-5-4-11(7-20)24-13/h1-3,6,8,11,13H,4-5,7,20H2,(H,21,22,23)/t11-,13+/m1/s1. The van der Waals surface area contributed by atoms with Gasteiger partial charge < -0.3 is 10.5 Å². The van der Waals surface area contributed by atoms with Gasteiger partial charge in [0.15, 0.2) is 5.13 Å². The Kier molecular flexibility index (Phi) is 5.07. The summed E-state index contributed by atoms with van der Waals surface area (Å²) in [5.74, 6) is -0.319. The number of nitrogens with two attached hydrogens (primary N) is 1. The van der Waals surface area contributed by atoms with E-state index in [2.05, 4.69) is 10.3 Å². The lowest BCUT2D eigenvalue weighted by molar-refractivity contribution is -0.137. The minimum Gasteiger partial charge on any atom is -0.364 e. The predicted octanol–water partition coefficient (Wildman–Crippen LogP) is 3.27. The highest BCUT2D eigenvalue weighted by molar-refractivity contribution is 7.14. The molecule has 0 unspecified atom stereocenters. The number of carbonyl (C=O) groups excluding carboxylic acids is 1. The molecule has 1 saturated heterocycles. The van der Waals surface area contributed by atoms with E-state index >= 15 is 0 Å². The lowest BCUT2D eigenvalue weighted by Gasteiger charge is -2.11. The first-order valence-electron chi connectivity index (χ1n) is 7.66. The topological polar surface area (TPSA) is 77.2 Å². The van der Waals surface area contributed by atoms with Gasteiger partial charge in [0.2, 0.25) is 0 Å². The van der Waals surface area contributed by atoms with Crippen LogP contribution in [0.3, 0.4) is 0 Å². The highest BCUT2D eigenvalue weighted by Gasteiger charge is 2.31. The summed E-state index contributed by atoms with van der Waals surface area (Å²) in [5.41, 5.74) is 5.49. The lowest BCUT2D eigenvalue weighted by atomic mass is 10.1. The Labute approximate surface area is 146 Å². The summed E-state index contributed by atoms with van der Waals surface area (Å²) < 4.78 is 43.9. The van der Waals surface area contributed by atoms with Gasteiger partial charge in [-0.3, -0.25) is 10.1 Å². The van der Waals surface area contributed by atoms with Crippen LogP contribution in [0.1, 0.15) is 18.4 Å². The van der Waals surface area contributed by atoms with E-state index in [0.29, 0.717) is 29.4 Å². The number of thiazole rings is 1. The van der Waals surface area contributed by atoms with Gasteiger partial charge >= 0.3 is 6.18 Å². The monoisotopic (exact) mass is 371 g/mol. The summed E-state index contributed by atoms with van der Waals surface area (Å²) in [6.07, 6.45) is -3.80. The molecular formula is C16H16F3N3O2S. The minimum atomic E-state index is -4.41. The third-order valence-corrected chi connectivity index (χ3v) is 4.64. The Morgan fingerprint density at radius 3 is 2.88 bits per heavy atom. The van der Waals surface area contributed by atoms with E-state index in [4.69, 9.17) is 10.5 Å². The predicted molar refractivity (Wildman–Crippen MR) is 88.1 cm³/mol. The molecule has 0 aliphatic carbocycles. The van der Waals surface area contributed by atoms with Crippen LogP contribution < -0.4 is 11.1 Å². The molecule has 9 heteroatoms. The summed E-state index contributed by atoms with van der Waals surface area (Å²) in [5, 5.41) is 4.56. The van der Waals surface area contributed by atoms with Crippen molar-refractivity contribution in [3.8, 4) is 11.3 Å². The number of hydrogen-bond acceptors (Lipinski definition) is 5. The van der Waals surface area contributed by atoms with Gasteiger partial charge in [-0.15, -0.1) is 11.3 Å². The minimum absolute atomic E-state index is 0.118. The normalized spacial score (nSPS) is 20.6. The fourth-order valence-corrected chi connectivity index (χ4v) is 3.30. The van der Waals surface area contributed by atoms with Crippen LogP contribution in [0.2, 0.25) is 0 Å². The second kappa shape index (κ2) is 7.11. The summed E-state index contributed by atoms with van der Waals surface area (Å²) in [4.78, 5) is 16.3. The Hall–Kier alpha value is -1.97. The molecule has 1 aliphatic heterocycles. The first kappa shape index (κ1) is 17.8. The van der Waals surface area contributed by atoms with Gasteiger partial charge in [0.1, 0.15) is 6.10 Å². The number of hydrogen-bond donors (Lipinski definition) is 2. The molecule has 3 N–H and O–H groups in total. The Morgan fingerprint density at radius 2 is 2.20 bits per heavy atom. The molecule has 0 spiro atoms. The molecule has 0 bridgehead atoms. The third kappa shape index (κ3) is 4.17. The number of nitrogens with zero attached hydrogens (tertiary/aromatic N) is 1. The number of nitrogens with one attached hydrogen (secondary N) is 1. The highest BCUT2D eigenvalue weighted by atomic mass is 32.1. The molecule has 1 fully saturated rings. The number of alkyl halides is 3. The molecule has 0 radical (unpaired) electrons. The van der Waals surface area contributed by atoms with Gasteiger partial charge in [-0.1, -0.05) is 12.1 Å². The molecule has 3 rings (SSSR count). The molecule has 1 aromatic carbocycles. The van der Waals surface area contributed by atoms with E-state index in [0.717, 1.165) is 29.9 Å².